The van der Waals surface area contributed by atoms with Crippen molar-refractivity contribution < 1.29 is 13.2 Å². The van der Waals surface area contributed by atoms with E-state index < -0.39 is 17.6 Å². The van der Waals surface area contributed by atoms with Crippen molar-refractivity contribution in [2.24, 2.45) is 0 Å². The number of rotatable bonds is 3. The van der Waals surface area contributed by atoms with E-state index in [1.165, 1.54) is 6.08 Å². The Morgan fingerprint density at radius 1 is 1.19 bits per heavy atom. The molecule has 3 nitrogen and oxygen atoms in total. The van der Waals surface area contributed by atoms with Crippen LogP contribution in [0, 0.1) is 0 Å². The zero-order valence-electron chi connectivity index (χ0n) is 10.9. The molecule has 1 aromatic carbocycles. The van der Waals surface area contributed by atoms with Crippen LogP contribution in [0.2, 0.25) is 0 Å². The zero-order chi connectivity index (χ0) is 15.5. The number of aromatic nitrogens is 2. The highest BCUT2D eigenvalue weighted by Crippen LogP contribution is 2.27. The summed E-state index contributed by atoms with van der Waals surface area (Å²) < 4.78 is 37.7. The van der Waals surface area contributed by atoms with Crippen LogP contribution in [0.4, 0.5) is 13.2 Å². The molecule has 0 spiro atoms. The second kappa shape index (κ2) is 6.17. The third kappa shape index (κ3) is 4.22. The quantitative estimate of drug-likeness (QED) is 0.879. The second-order valence-electron chi connectivity index (χ2n) is 4.13. The van der Waals surface area contributed by atoms with Crippen molar-refractivity contribution in [1.82, 2.24) is 9.97 Å². The molecule has 0 radical (unpaired) electrons. The normalized spacial score (nSPS) is 12.0. The van der Waals surface area contributed by atoms with Crippen molar-refractivity contribution in [3.63, 3.8) is 0 Å². The van der Waals surface area contributed by atoms with Gasteiger partial charge in [-0.25, -0.2) is 4.79 Å². The standard InChI is InChI=1S/C14H11F3N2OS/c1-21-11-6-3-9(4-7-11)2-5-10-8-12(14(15,16)17)19-13(20)18-10/h2-8H,1H3,(H,18,19,20). The van der Waals surface area contributed by atoms with Crippen molar-refractivity contribution >= 4 is 23.9 Å². The SMILES string of the molecule is CSc1ccc(C=Cc2cc(C(F)(F)F)[nH]c(=O)n2)cc1. The van der Waals surface area contributed by atoms with E-state index in [9.17, 15) is 18.0 Å². The van der Waals surface area contributed by atoms with Gasteiger partial charge in [0.2, 0.25) is 0 Å². The lowest BCUT2D eigenvalue weighted by atomic mass is 10.2. The van der Waals surface area contributed by atoms with Crippen LogP contribution in [-0.4, -0.2) is 16.2 Å². The van der Waals surface area contributed by atoms with E-state index in [1.54, 1.807) is 22.8 Å². The molecule has 2 rings (SSSR count). The van der Waals surface area contributed by atoms with Gasteiger partial charge in [0.25, 0.3) is 0 Å². The zero-order valence-corrected chi connectivity index (χ0v) is 11.8. The maximum atomic E-state index is 12.6. The molecule has 1 N–H and O–H groups in total. The molecule has 0 unspecified atom stereocenters. The molecule has 0 saturated carbocycles. The molecular formula is C14H11F3N2OS. The van der Waals surface area contributed by atoms with Crippen LogP contribution < -0.4 is 5.69 Å². The average Bonchev–Trinajstić information content (AvgIpc) is 2.44. The van der Waals surface area contributed by atoms with Gasteiger partial charge in [-0.05, 0) is 36.1 Å². The fraction of sp³-hybridized carbons (Fsp3) is 0.143. The average molecular weight is 312 g/mol. The molecule has 0 fully saturated rings. The topological polar surface area (TPSA) is 45.8 Å². The van der Waals surface area contributed by atoms with E-state index in [0.29, 0.717) is 0 Å². The smallest absolute Gasteiger partial charge is 0.302 e. The highest BCUT2D eigenvalue weighted by atomic mass is 32.2. The molecule has 0 bridgehead atoms. The number of nitrogens with one attached hydrogen (secondary N) is 1. The number of nitrogens with zero attached hydrogens (tertiary/aromatic N) is 1. The van der Waals surface area contributed by atoms with Crippen molar-refractivity contribution in [1.29, 1.82) is 0 Å². The number of hydrogen-bond acceptors (Lipinski definition) is 3. The molecule has 0 saturated heterocycles. The Bertz CT molecular complexity index is 705. The molecule has 0 amide bonds. The van der Waals surface area contributed by atoms with Gasteiger partial charge >= 0.3 is 11.9 Å². The number of aromatic amines is 1. The maximum Gasteiger partial charge on any atom is 0.431 e. The van der Waals surface area contributed by atoms with Crippen molar-refractivity contribution in [2.75, 3.05) is 6.26 Å². The first-order valence-electron chi connectivity index (χ1n) is 5.89. The lowest BCUT2D eigenvalue weighted by molar-refractivity contribution is -0.141. The summed E-state index contributed by atoms with van der Waals surface area (Å²) in [6.45, 7) is 0. The number of H-pyrrole nitrogens is 1. The molecule has 1 heterocycles. The maximum absolute atomic E-state index is 12.6. The number of thioether (sulfide) groups is 1. The summed E-state index contributed by atoms with van der Waals surface area (Å²) in [4.78, 5) is 17.4. The summed E-state index contributed by atoms with van der Waals surface area (Å²) in [6, 6.07) is 8.27. The van der Waals surface area contributed by atoms with E-state index in [0.717, 1.165) is 16.5 Å². The second-order valence-corrected chi connectivity index (χ2v) is 5.01. The predicted octanol–water partition coefficient (Wildman–Crippen LogP) is 3.68. The van der Waals surface area contributed by atoms with Crippen LogP contribution in [0.15, 0.2) is 40.0 Å². The van der Waals surface area contributed by atoms with Gasteiger partial charge in [0.1, 0.15) is 5.69 Å². The van der Waals surface area contributed by atoms with Crippen LogP contribution in [0.5, 0.6) is 0 Å². The molecule has 1 aromatic heterocycles. The van der Waals surface area contributed by atoms with Crippen LogP contribution in [-0.2, 0) is 6.18 Å². The highest BCUT2D eigenvalue weighted by Gasteiger charge is 2.32. The largest absolute Gasteiger partial charge is 0.431 e. The minimum Gasteiger partial charge on any atom is -0.302 e. The third-order valence-electron chi connectivity index (χ3n) is 2.63. The summed E-state index contributed by atoms with van der Waals surface area (Å²) in [5, 5.41) is 0. The highest BCUT2D eigenvalue weighted by molar-refractivity contribution is 7.98. The van der Waals surface area contributed by atoms with Gasteiger partial charge in [-0.15, -0.1) is 11.8 Å². The monoisotopic (exact) mass is 312 g/mol. The van der Waals surface area contributed by atoms with E-state index in [4.69, 9.17) is 0 Å². The van der Waals surface area contributed by atoms with Gasteiger partial charge in [0.05, 0.1) is 5.69 Å². The van der Waals surface area contributed by atoms with E-state index in [2.05, 4.69) is 4.98 Å². The molecule has 0 aliphatic heterocycles. The fourth-order valence-electron chi connectivity index (χ4n) is 1.61. The predicted molar refractivity (Wildman–Crippen MR) is 77.0 cm³/mol. The molecule has 21 heavy (non-hydrogen) atoms. The first-order chi connectivity index (χ1) is 9.88. The number of halogens is 3. The van der Waals surface area contributed by atoms with Crippen LogP contribution in [0.25, 0.3) is 12.2 Å². The Balaban J connectivity index is 2.28. The molecule has 0 aliphatic rings. The molecular weight excluding hydrogens is 301 g/mol. The van der Waals surface area contributed by atoms with Gasteiger partial charge in [0, 0.05) is 4.90 Å². The first kappa shape index (κ1) is 15.4. The van der Waals surface area contributed by atoms with E-state index >= 15 is 0 Å². The minimum absolute atomic E-state index is 0.0416. The summed E-state index contributed by atoms with van der Waals surface area (Å²) in [7, 11) is 0. The van der Waals surface area contributed by atoms with Crippen LogP contribution in [0.3, 0.4) is 0 Å². The van der Waals surface area contributed by atoms with Crippen molar-refractivity contribution in [3.8, 4) is 0 Å². The van der Waals surface area contributed by atoms with Gasteiger partial charge in [0.15, 0.2) is 0 Å². The molecule has 110 valence electrons. The van der Waals surface area contributed by atoms with Gasteiger partial charge in [-0.1, -0.05) is 18.2 Å². The van der Waals surface area contributed by atoms with Gasteiger partial charge in [-0.2, -0.15) is 18.2 Å². The Morgan fingerprint density at radius 3 is 2.43 bits per heavy atom. The summed E-state index contributed by atoms with van der Waals surface area (Å²) >= 11 is 1.59. The molecule has 0 atom stereocenters. The third-order valence-corrected chi connectivity index (χ3v) is 3.38. The molecule has 2 aromatic rings. The Hall–Kier alpha value is -2.02. The fourth-order valence-corrected chi connectivity index (χ4v) is 2.02. The first-order valence-corrected chi connectivity index (χ1v) is 7.11. The molecule has 0 aliphatic carbocycles. The van der Waals surface area contributed by atoms with Crippen LogP contribution >= 0.6 is 11.8 Å². The number of hydrogen-bond donors (Lipinski definition) is 1. The van der Waals surface area contributed by atoms with Crippen molar-refractivity contribution in [2.45, 2.75) is 11.1 Å². The lowest BCUT2D eigenvalue weighted by Gasteiger charge is -2.05. The Morgan fingerprint density at radius 2 is 1.86 bits per heavy atom. The van der Waals surface area contributed by atoms with E-state index in [-0.39, 0.29) is 5.69 Å². The Kier molecular flexibility index (Phi) is 4.52. The minimum atomic E-state index is -4.61. The van der Waals surface area contributed by atoms with Crippen molar-refractivity contribution in [3.05, 3.63) is 57.8 Å². The van der Waals surface area contributed by atoms with Gasteiger partial charge in [-0.3, -0.25) is 0 Å². The number of benzene rings is 1. The molecule has 7 heteroatoms. The summed E-state index contributed by atoms with van der Waals surface area (Å²) in [5.74, 6) is 0. The summed E-state index contributed by atoms with van der Waals surface area (Å²) in [5.41, 5.74) is -1.37. The Labute approximate surface area is 122 Å². The van der Waals surface area contributed by atoms with E-state index in [1.807, 2.05) is 30.5 Å². The summed E-state index contributed by atoms with van der Waals surface area (Å²) in [6.07, 6.45) is 0.318. The van der Waals surface area contributed by atoms with Crippen LogP contribution in [0.1, 0.15) is 17.0 Å². The number of alkyl halides is 3. The lowest BCUT2D eigenvalue weighted by Crippen LogP contribution is -2.19. The van der Waals surface area contributed by atoms with Gasteiger partial charge < -0.3 is 4.98 Å².